The Morgan fingerprint density at radius 2 is 2.00 bits per heavy atom. The molecular weight excluding hydrogens is 292 g/mol. The van der Waals surface area contributed by atoms with E-state index in [0.717, 1.165) is 32.8 Å². The average Bonchev–Trinajstić information content (AvgIpc) is 2.96. The number of nitrogens with zero attached hydrogens (tertiary/aromatic N) is 2. The van der Waals surface area contributed by atoms with Crippen molar-refractivity contribution in [3.63, 3.8) is 0 Å². The van der Waals surface area contributed by atoms with Crippen LogP contribution in [0.2, 0.25) is 0 Å². The Balaban J connectivity index is 1.71. The Bertz CT molecular complexity index is 464. The second-order valence-electron chi connectivity index (χ2n) is 6.57. The molecule has 0 aliphatic carbocycles. The van der Waals surface area contributed by atoms with Crippen molar-refractivity contribution < 1.29 is 17.9 Å². The molecule has 3 aliphatic heterocycles. The highest BCUT2D eigenvalue weighted by molar-refractivity contribution is 7.89. The molecular formula is C14H26N2O4S. The molecule has 0 unspecified atom stereocenters. The second kappa shape index (κ2) is 6.12. The van der Waals surface area contributed by atoms with Gasteiger partial charge in [0, 0.05) is 44.1 Å². The smallest absolute Gasteiger partial charge is 0.214 e. The lowest BCUT2D eigenvalue weighted by atomic mass is 9.80. The highest BCUT2D eigenvalue weighted by atomic mass is 32.2. The predicted molar refractivity (Wildman–Crippen MR) is 79.7 cm³/mol. The first-order chi connectivity index (χ1) is 10.1. The molecule has 0 aromatic rings. The molecule has 6 nitrogen and oxygen atoms in total. The zero-order valence-corrected chi connectivity index (χ0v) is 13.6. The summed E-state index contributed by atoms with van der Waals surface area (Å²) in [5.74, 6) is 0.598. The molecule has 0 amide bonds. The molecule has 0 N–H and O–H groups in total. The van der Waals surface area contributed by atoms with Crippen LogP contribution in [0.4, 0.5) is 0 Å². The molecule has 2 atom stereocenters. The van der Waals surface area contributed by atoms with Gasteiger partial charge in [-0.2, -0.15) is 0 Å². The third-order valence-corrected chi connectivity index (χ3v) is 6.98. The monoisotopic (exact) mass is 318 g/mol. The summed E-state index contributed by atoms with van der Waals surface area (Å²) in [5.41, 5.74) is -0.0157. The van der Waals surface area contributed by atoms with Crippen molar-refractivity contribution in [2.75, 3.05) is 64.9 Å². The Hall–Kier alpha value is -0.210. The molecule has 0 bridgehead atoms. The van der Waals surface area contributed by atoms with E-state index in [0.29, 0.717) is 38.6 Å². The fourth-order valence-electron chi connectivity index (χ4n) is 3.81. The number of hydrogen-bond donors (Lipinski definition) is 0. The zero-order chi connectivity index (χ0) is 14.9. The van der Waals surface area contributed by atoms with E-state index in [4.69, 9.17) is 9.47 Å². The fraction of sp³-hybridized carbons (Fsp3) is 1.00. The summed E-state index contributed by atoms with van der Waals surface area (Å²) in [6.45, 7) is 8.92. The maximum atomic E-state index is 12.3. The van der Waals surface area contributed by atoms with Crippen molar-refractivity contribution in [3.05, 3.63) is 0 Å². The largest absolute Gasteiger partial charge is 0.380 e. The molecule has 7 heteroatoms. The highest BCUT2D eigenvalue weighted by Crippen LogP contribution is 2.43. The summed E-state index contributed by atoms with van der Waals surface area (Å²) in [4.78, 5) is 2.40. The molecule has 3 rings (SSSR count). The van der Waals surface area contributed by atoms with E-state index in [-0.39, 0.29) is 11.2 Å². The van der Waals surface area contributed by atoms with Crippen LogP contribution in [-0.4, -0.2) is 82.5 Å². The maximum Gasteiger partial charge on any atom is 0.214 e. The SMILES string of the molecule is CCCS(=O)(=O)N1C[C@@H]2COC[C@@]2(CN2CCOCC2)C1. The molecule has 122 valence electrons. The van der Waals surface area contributed by atoms with Crippen LogP contribution in [0.3, 0.4) is 0 Å². The van der Waals surface area contributed by atoms with Crippen LogP contribution < -0.4 is 0 Å². The molecule has 3 fully saturated rings. The molecule has 0 aromatic heterocycles. The van der Waals surface area contributed by atoms with E-state index < -0.39 is 10.0 Å². The van der Waals surface area contributed by atoms with E-state index in [9.17, 15) is 8.42 Å². The number of ether oxygens (including phenoxy) is 2. The highest BCUT2D eigenvalue weighted by Gasteiger charge is 2.53. The van der Waals surface area contributed by atoms with Gasteiger partial charge in [0.1, 0.15) is 0 Å². The van der Waals surface area contributed by atoms with Crippen molar-refractivity contribution in [3.8, 4) is 0 Å². The average molecular weight is 318 g/mol. The number of hydrogen-bond acceptors (Lipinski definition) is 5. The molecule has 0 saturated carbocycles. The van der Waals surface area contributed by atoms with Crippen molar-refractivity contribution >= 4 is 10.0 Å². The molecule has 21 heavy (non-hydrogen) atoms. The standard InChI is InChI=1S/C14H26N2O4S/c1-2-7-21(17,18)16-8-13-9-20-12-14(13,11-16)10-15-3-5-19-6-4-15/h13H,2-12H2,1H3/t13-,14-/m1/s1. The summed E-state index contributed by atoms with van der Waals surface area (Å²) in [6, 6.07) is 0. The molecule has 0 spiro atoms. The van der Waals surface area contributed by atoms with Crippen molar-refractivity contribution in [1.29, 1.82) is 0 Å². The lowest BCUT2D eigenvalue weighted by molar-refractivity contribution is 0.0118. The van der Waals surface area contributed by atoms with E-state index in [1.54, 1.807) is 4.31 Å². The minimum Gasteiger partial charge on any atom is -0.380 e. The number of rotatable bonds is 5. The number of fused-ring (bicyclic) bond motifs is 1. The topological polar surface area (TPSA) is 59.1 Å². The van der Waals surface area contributed by atoms with E-state index in [2.05, 4.69) is 4.90 Å². The lowest BCUT2D eigenvalue weighted by Crippen LogP contribution is -2.47. The van der Waals surface area contributed by atoms with Crippen molar-refractivity contribution in [2.45, 2.75) is 13.3 Å². The molecule has 3 aliphatic rings. The van der Waals surface area contributed by atoms with Gasteiger partial charge >= 0.3 is 0 Å². The third-order valence-electron chi connectivity index (χ3n) is 4.99. The Morgan fingerprint density at radius 1 is 1.24 bits per heavy atom. The zero-order valence-electron chi connectivity index (χ0n) is 12.8. The van der Waals surface area contributed by atoms with Gasteiger partial charge in [0.15, 0.2) is 0 Å². The second-order valence-corrected chi connectivity index (χ2v) is 8.66. The summed E-state index contributed by atoms with van der Waals surface area (Å²) in [5, 5.41) is 0. The van der Waals surface area contributed by atoms with Gasteiger partial charge in [0.2, 0.25) is 10.0 Å². The Morgan fingerprint density at radius 3 is 2.71 bits per heavy atom. The quantitative estimate of drug-likeness (QED) is 0.714. The van der Waals surface area contributed by atoms with Crippen molar-refractivity contribution in [2.24, 2.45) is 11.3 Å². The Kier molecular flexibility index (Phi) is 4.57. The van der Waals surface area contributed by atoms with Gasteiger partial charge < -0.3 is 9.47 Å². The van der Waals surface area contributed by atoms with Gasteiger partial charge in [-0.15, -0.1) is 0 Å². The summed E-state index contributed by atoms with van der Waals surface area (Å²) in [6.07, 6.45) is 0.677. The van der Waals surface area contributed by atoms with Gasteiger partial charge in [-0.25, -0.2) is 12.7 Å². The van der Waals surface area contributed by atoms with Gasteiger partial charge in [0.05, 0.1) is 32.2 Å². The maximum absolute atomic E-state index is 12.3. The molecule has 0 radical (unpaired) electrons. The minimum absolute atomic E-state index is 0.0157. The van der Waals surface area contributed by atoms with Gasteiger partial charge in [-0.1, -0.05) is 6.92 Å². The first-order valence-corrected chi connectivity index (χ1v) is 9.52. The van der Waals surface area contributed by atoms with Crippen LogP contribution in [0, 0.1) is 11.3 Å². The van der Waals surface area contributed by atoms with E-state index >= 15 is 0 Å². The summed E-state index contributed by atoms with van der Waals surface area (Å²) in [7, 11) is -3.10. The van der Waals surface area contributed by atoms with Crippen LogP contribution in [-0.2, 0) is 19.5 Å². The molecule has 3 heterocycles. The lowest BCUT2D eigenvalue weighted by Gasteiger charge is -2.36. The Labute approximate surface area is 127 Å². The molecule has 0 aromatic carbocycles. The fourth-order valence-corrected chi connectivity index (χ4v) is 5.45. The summed E-state index contributed by atoms with van der Waals surface area (Å²) >= 11 is 0. The number of sulfonamides is 1. The van der Waals surface area contributed by atoms with E-state index in [1.165, 1.54) is 0 Å². The normalized spacial score (nSPS) is 35.2. The van der Waals surface area contributed by atoms with Crippen LogP contribution >= 0.6 is 0 Å². The van der Waals surface area contributed by atoms with Gasteiger partial charge in [-0.3, -0.25) is 4.90 Å². The minimum atomic E-state index is -3.10. The van der Waals surface area contributed by atoms with Gasteiger partial charge in [-0.05, 0) is 6.42 Å². The van der Waals surface area contributed by atoms with Gasteiger partial charge in [0.25, 0.3) is 0 Å². The predicted octanol–water partition coefficient (Wildman–Crippen LogP) is 0.00680. The van der Waals surface area contributed by atoms with Crippen LogP contribution in [0.15, 0.2) is 0 Å². The van der Waals surface area contributed by atoms with Crippen LogP contribution in [0.1, 0.15) is 13.3 Å². The van der Waals surface area contributed by atoms with Crippen LogP contribution in [0.25, 0.3) is 0 Å². The third kappa shape index (κ3) is 3.12. The van der Waals surface area contributed by atoms with Crippen molar-refractivity contribution in [1.82, 2.24) is 9.21 Å². The molecule has 3 saturated heterocycles. The first kappa shape index (κ1) is 15.7. The number of morpholine rings is 1. The first-order valence-electron chi connectivity index (χ1n) is 7.91. The van der Waals surface area contributed by atoms with E-state index in [1.807, 2.05) is 6.92 Å². The summed E-state index contributed by atoms with van der Waals surface area (Å²) < 4.78 is 37.5. The van der Waals surface area contributed by atoms with Crippen LogP contribution in [0.5, 0.6) is 0 Å².